The normalized spacial score (nSPS) is 9.93. The minimum absolute atomic E-state index is 0.274. The summed E-state index contributed by atoms with van der Waals surface area (Å²) in [6.45, 7) is 2.40. The number of aromatic nitrogens is 1. The molecule has 0 aliphatic carbocycles. The Balaban J connectivity index is 2.47. The third-order valence-electron chi connectivity index (χ3n) is 1.79. The molecule has 0 bridgehead atoms. The van der Waals surface area contributed by atoms with E-state index in [-0.39, 0.29) is 6.08 Å². The maximum absolute atomic E-state index is 5.34. The van der Waals surface area contributed by atoms with Crippen molar-refractivity contribution in [2.75, 3.05) is 6.61 Å². The molecule has 2 aromatic rings. The van der Waals surface area contributed by atoms with E-state index in [2.05, 4.69) is 27.4 Å². The predicted octanol–water partition coefficient (Wildman–Crippen LogP) is 2.96. The summed E-state index contributed by atoms with van der Waals surface area (Å²) in [5.41, 5.74) is 2.06. The fraction of sp³-hybridized carbons (Fsp3) is 0.200. The first-order chi connectivity index (χ1) is 7.33. The van der Waals surface area contributed by atoms with Gasteiger partial charge in [0.15, 0.2) is 5.58 Å². The molecule has 76 valence electrons. The zero-order valence-corrected chi connectivity index (χ0v) is 8.87. The van der Waals surface area contributed by atoms with E-state index in [9.17, 15) is 0 Å². The van der Waals surface area contributed by atoms with Crippen LogP contribution in [-0.2, 0) is 0 Å². The van der Waals surface area contributed by atoms with Crippen LogP contribution in [0.15, 0.2) is 27.6 Å². The summed E-state index contributed by atoms with van der Waals surface area (Å²) in [5, 5.41) is 2.30. The van der Waals surface area contributed by atoms with E-state index >= 15 is 0 Å². The molecule has 0 aliphatic rings. The summed E-state index contributed by atoms with van der Waals surface area (Å²) in [6, 6.07) is 5.33. The first-order valence-corrected chi connectivity index (χ1v) is 4.85. The predicted molar refractivity (Wildman–Crippen MR) is 59.9 cm³/mol. The molecule has 0 saturated heterocycles. The quantitative estimate of drug-likeness (QED) is 0.589. The summed E-state index contributed by atoms with van der Waals surface area (Å²) < 4.78 is 10.5. The van der Waals surface area contributed by atoms with Gasteiger partial charge in [0.05, 0.1) is 17.5 Å². The molecule has 0 atom stereocenters. The molecule has 0 saturated carbocycles. The van der Waals surface area contributed by atoms with E-state index in [1.807, 2.05) is 6.92 Å². The lowest BCUT2D eigenvalue weighted by Gasteiger charge is -1.91. The molecule has 2 rings (SSSR count). The monoisotopic (exact) mass is 220 g/mol. The number of rotatable bonds is 3. The van der Waals surface area contributed by atoms with Gasteiger partial charge in [-0.3, -0.25) is 0 Å². The number of nitrogens with zero attached hydrogens (tertiary/aromatic N) is 2. The van der Waals surface area contributed by atoms with Crippen LogP contribution in [0.3, 0.4) is 0 Å². The average Bonchev–Trinajstić information content (AvgIpc) is 2.60. The fourth-order valence-electron chi connectivity index (χ4n) is 1.20. The number of ether oxygens (including phenoxy) is 1. The number of fused-ring (bicyclic) bond motifs is 1. The zero-order chi connectivity index (χ0) is 10.7. The highest BCUT2D eigenvalue weighted by Crippen LogP contribution is 2.24. The van der Waals surface area contributed by atoms with Crippen LogP contribution >= 0.6 is 12.2 Å². The van der Waals surface area contributed by atoms with E-state index in [0.717, 1.165) is 5.52 Å². The van der Waals surface area contributed by atoms with Crippen molar-refractivity contribution in [2.45, 2.75) is 6.92 Å². The summed E-state index contributed by atoms with van der Waals surface area (Å²) in [4.78, 5) is 7.97. The number of oxazole rings is 1. The van der Waals surface area contributed by atoms with Gasteiger partial charge in [-0.25, -0.2) is 0 Å². The molecule has 0 N–H and O–H groups in total. The molecule has 0 spiro atoms. The van der Waals surface area contributed by atoms with Gasteiger partial charge in [0.2, 0.25) is 0 Å². The van der Waals surface area contributed by atoms with Crippen LogP contribution < -0.4 is 4.74 Å². The highest BCUT2D eigenvalue weighted by molar-refractivity contribution is 7.78. The molecule has 5 heteroatoms. The van der Waals surface area contributed by atoms with Crippen LogP contribution in [0.1, 0.15) is 6.92 Å². The average molecular weight is 220 g/mol. The molecule has 0 aliphatic heterocycles. The lowest BCUT2D eigenvalue weighted by molar-refractivity contribution is 0.251. The third-order valence-corrected chi connectivity index (χ3v) is 1.89. The summed E-state index contributed by atoms with van der Waals surface area (Å²) >= 11 is 4.52. The Kier molecular flexibility index (Phi) is 2.76. The van der Waals surface area contributed by atoms with Crippen LogP contribution in [-0.4, -0.2) is 16.8 Å². The fourth-order valence-corrected chi connectivity index (χ4v) is 1.31. The molecule has 0 unspecified atom stereocenters. The lowest BCUT2D eigenvalue weighted by atomic mass is 10.3. The van der Waals surface area contributed by atoms with Gasteiger partial charge < -0.3 is 9.15 Å². The molecule has 1 heterocycles. The second kappa shape index (κ2) is 4.21. The van der Waals surface area contributed by atoms with Crippen molar-refractivity contribution in [3.63, 3.8) is 0 Å². The number of isothiocyanates is 1. The topological polar surface area (TPSA) is 47.6 Å². The second-order valence-corrected chi connectivity index (χ2v) is 2.95. The highest BCUT2D eigenvalue weighted by atomic mass is 32.1. The maximum Gasteiger partial charge on any atom is 0.394 e. The van der Waals surface area contributed by atoms with Gasteiger partial charge in [-0.15, -0.1) is 0 Å². The summed E-state index contributed by atoms with van der Waals surface area (Å²) in [6.07, 6.45) is 0.274. The first-order valence-electron chi connectivity index (χ1n) is 4.44. The molecule has 1 aromatic heterocycles. The molecular formula is C10H8N2O2S. The molecule has 1 aromatic carbocycles. The lowest BCUT2D eigenvalue weighted by Crippen LogP contribution is -1.89. The SMILES string of the molecule is CCOc1nc2ccc(N=C=S)cc2o1. The van der Waals surface area contributed by atoms with E-state index in [1.165, 1.54) is 0 Å². The molecular weight excluding hydrogens is 212 g/mol. The number of hydrogen-bond donors (Lipinski definition) is 0. The van der Waals surface area contributed by atoms with E-state index < -0.39 is 0 Å². The first kappa shape index (κ1) is 9.83. The van der Waals surface area contributed by atoms with Gasteiger partial charge in [-0.05, 0) is 31.3 Å². The molecule has 0 amide bonds. The van der Waals surface area contributed by atoms with Crippen molar-refractivity contribution in [1.82, 2.24) is 4.98 Å². The Morgan fingerprint density at radius 1 is 1.60 bits per heavy atom. The van der Waals surface area contributed by atoms with Crippen molar-refractivity contribution < 1.29 is 9.15 Å². The van der Waals surface area contributed by atoms with Crippen LogP contribution in [0.5, 0.6) is 6.08 Å². The molecule has 15 heavy (non-hydrogen) atoms. The van der Waals surface area contributed by atoms with Crippen LogP contribution in [0.2, 0.25) is 0 Å². The van der Waals surface area contributed by atoms with Gasteiger partial charge in [0, 0.05) is 6.07 Å². The zero-order valence-electron chi connectivity index (χ0n) is 8.06. The maximum atomic E-state index is 5.34. The molecule has 4 nitrogen and oxygen atoms in total. The minimum Gasteiger partial charge on any atom is -0.450 e. The molecule has 0 fully saturated rings. The summed E-state index contributed by atoms with van der Waals surface area (Å²) in [7, 11) is 0. The Bertz CT molecular complexity index is 529. The van der Waals surface area contributed by atoms with Crippen molar-refractivity contribution in [1.29, 1.82) is 0 Å². The van der Waals surface area contributed by atoms with Gasteiger partial charge in [0.1, 0.15) is 5.52 Å². The number of aliphatic imine (C=N–C) groups is 1. The Hall–Kier alpha value is -1.71. The van der Waals surface area contributed by atoms with Crippen LogP contribution in [0.4, 0.5) is 5.69 Å². The second-order valence-electron chi connectivity index (χ2n) is 2.77. The Morgan fingerprint density at radius 3 is 3.20 bits per heavy atom. The van der Waals surface area contributed by atoms with Gasteiger partial charge in [0.25, 0.3) is 0 Å². The highest BCUT2D eigenvalue weighted by Gasteiger charge is 2.06. The van der Waals surface area contributed by atoms with E-state index in [0.29, 0.717) is 17.9 Å². The number of benzene rings is 1. The van der Waals surface area contributed by atoms with Crippen molar-refractivity contribution in [3.05, 3.63) is 18.2 Å². The smallest absolute Gasteiger partial charge is 0.394 e. The Labute approximate surface area is 91.6 Å². The largest absolute Gasteiger partial charge is 0.450 e. The van der Waals surface area contributed by atoms with Crippen molar-refractivity contribution in [2.24, 2.45) is 4.99 Å². The van der Waals surface area contributed by atoms with Crippen LogP contribution in [0, 0.1) is 0 Å². The standard InChI is InChI=1S/C10H8N2O2S/c1-2-13-10-12-8-4-3-7(11-6-15)5-9(8)14-10/h3-5H,2H2,1H3. The Morgan fingerprint density at radius 2 is 2.47 bits per heavy atom. The number of hydrogen-bond acceptors (Lipinski definition) is 5. The van der Waals surface area contributed by atoms with Gasteiger partial charge in [-0.2, -0.15) is 9.98 Å². The van der Waals surface area contributed by atoms with Crippen LogP contribution in [0.25, 0.3) is 11.1 Å². The minimum atomic E-state index is 0.274. The third kappa shape index (κ3) is 2.03. The van der Waals surface area contributed by atoms with E-state index in [1.54, 1.807) is 18.2 Å². The molecule has 0 radical (unpaired) electrons. The van der Waals surface area contributed by atoms with Crippen molar-refractivity contribution in [3.8, 4) is 6.08 Å². The van der Waals surface area contributed by atoms with E-state index in [4.69, 9.17) is 9.15 Å². The van der Waals surface area contributed by atoms with Crippen molar-refractivity contribution >= 4 is 34.2 Å². The summed E-state index contributed by atoms with van der Waals surface area (Å²) in [5.74, 6) is 0. The number of thiocarbonyl (C=S) groups is 1. The van der Waals surface area contributed by atoms with Gasteiger partial charge in [-0.1, -0.05) is 0 Å². The van der Waals surface area contributed by atoms with Gasteiger partial charge >= 0.3 is 6.08 Å².